The van der Waals surface area contributed by atoms with E-state index >= 15 is 0 Å². The zero-order chi connectivity index (χ0) is 18.1. The molecule has 1 amide bonds. The lowest BCUT2D eigenvalue weighted by Crippen LogP contribution is -2.49. The van der Waals surface area contributed by atoms with Gasteiger partial charge in [0.25, 0.3) is 0 Å². The van der Waals surface area contributed by atoms with Gasteiger partial charge in [0.1, 0.15) is 6.10 Å². The average molecular weight is 350 g/mol. The second-order valence-electron chi connectivity index (χ2n) is 6.95. The Balaban J connectivity index is 1.91. The van der Waals surface area contributed by atoms with Gasteiger partial charge in [-0.25, -0.2) is 4.79 Å². The minimum absolute atomic E-state index is 0.200. The molecule has 0 radical (unpaired) electrons. The lowest BCUT2D eigenvalue weighted by molar-refractivity contribution is 0.0688. The van der Waals surface area contributed by atoms with Gasteiger partial charge in [-0.2, -0.15) is 0 Å². The molecule has 0 spiro atoms. The number of ether oxygens (including phenoxy) is 2. The average Bonchev–Trinajstić information content (AvgIpc) is 3.07. The van der Waals surface area contributed by atoms with Crippen LogP contribution in [-0.2, 0) is 15.9 Å². The van der Waals surface area contributed by atoms with Gasteiger partial charge in [0.05, 0.1) is 25.4 Å². The molecule has 1 fully saturated rings. The van der Waals surface area contributed by atoms with Crippen LogP contribution >= 0.6 is 0 Å². The van der Waals surface area contributed by atoms with Crippen LogP contribution in [-0.4, -0.2) is 55.8 Å². The third-order valence-electron chi connectivity index (χ3n) is 4.13. The molecule has 0 saturated carbocycles. The molecule has 1 aliphatic rings. The summed E-state index contributed by atoms with van der Waals surface area (Å²) in [6.07, 6.45) is -0.143. The van der Waals surface area contributed by atoms with Gasteiger partial charge in [-0.15, -0.1) is 0 Å². The largest absolute Gasteiger partial charge is 0.444 e. The fourth-order valence-corrected chi connectivity index (χ4v) is 2.76. The lowest BCUT2D eigenvalue weighted by Gasteiger charge is -2.25. The number of hydrogen-bond acceptors (Lipinski definition) is 5. The summed E-state index contributed by atoms with van der Waals surface area (Å²) in [4.78, 5) is 12.2. The van der Waals surface area contributed by atoms with Gasteiger partial charge in [-0.3, -0.25) is 0 Å². The number of benzene rings is 1. The Kier molecular flexibility index (Phi) is 8.18. The minimum atomic E-state index is -0.702. The molecule has 3 atom stereocenters. The van der Waals surface area contributed by atoms with Gasteiger partial charge in [-0.1, -0.05) is 44.2 Å². The van der Waals surface area contributed by atoms with Crippen LogP contribution in [0.4, 0.5) is 4.79 Å². The first kappa shape index (κ1) is 19.7. The van der Waals surface area contributed by atoms with Crippen LogP contribution in [0.3, 0.4) is 0 Å². The number of carbonyl (C=O) groups excluding carboxylic acids is 1. The number of hydrogen-bond donors (Lipinski definition) is 3. The van der Waals surface area contributed by atoms with E-state index in [4.69, 9.17) is 9.47 Å². The maximum Gasteiger partial charge on any atom is 0.407 e. The highest BCUT2D eigenvalue weighted by Crippen LogP contribution is 2.10. The highest BCUT2D eigenvalue weighted by atomic mass is 16.6. The summed E-state index contributed by atoms with van der Waals surface area (Å²) >= 11 is 0. The topological polar surface area (TPSA) is 79.8 Å². The van der Waals surface area contributed by atoms with Crippen molar-refractivity contribution in [1.82, 2.24) is 10.6 Å². The summed E-state index contributed by atoms with van der Waals surface area (Å²) in [7, 11) is 0. The summed E-state index contributed by atoms with van der Waals surface area (Å²) in [6, 6.07) is 9.39. The van der Waals surface area contributed by atoms with Crippen molar-refractivity contribution < 1.29 is 19.4 Å². The van der Waals surface area contributed by atoms with E-state index in [0.29, 0.717) is 32.1 Å². The number of rotatable bonds is 9. The summed E-state index contributed by atoms with van der Waals surface area (Å²) in [5.74, 6) is 0.500. The summed E-state index contributed by atoms with van der Waals surface area (Å²) in [6.45, 7) is 6.52. The van der Waals surface area contributed by atoms with Gasteiger partial charge in [0, 0.05) is 13.0 Å². The minimum Gasteiger partial charge on any atom is -0.444 e. The maximum absolute atomic E-state index is 12.2. The molecule has 25 heavy (non-hydrogen) atoms. The van der Waals surface area contributed by atoms with Crippen molar-refractivity contribution in [2.45, 2.75) is 44.9 Å². The van der Waals surface area contributed by atoms with Crippen molar-refractivity contribution >= 4 is 6.09 Å². The molecule has 1 aromatic rings. The molecule has 6 nitrogen and oxygen atoms in total. The Morgan fingerprint density at radius 3 is 2.72 bits per heavy atom. The summed E-state index contributed by atoms with van der Waals surface area (Å²) in [5.41, 5.74) is 1.06. The quantitative estimate of drug-likeness (QED) is 0.632. The zero-order valence-electron chi connectivity index (χ0n) is 15.1. The van der Waals surface area contributed by atoms with E-state index in [1.807, 2.05) is 30.3 Å². The van der Waals surface area contributed by atoms with E-state index in [1.165, 1.54) is 0 Å². The fraction of sp³-hybridized carbons (Fsp3) is 0.632. The first-order valence-electron chi connectivity index (χ1n) is 9.02. The first-order chi connectivity index (χ1) is 12.0. The van der Waals surface area contributed by atoms with Crippen LogP contribution in [0, 0.1) is 5.92 Å². The number of carbonyl (C=O) groups is 1. The SMILES string of the molecule is CC(C)CNCC(O)C(Cc1ccccc1)NC(=O)OC1CCOC1. The second kappa shape index (κ2) is 10.4. The highest BCUT2D eigenvalue weighted by molar-refractivity contribution is 5.68. The Morgan fingerprint density at radius 2 is 2.08 bits per heavy atom. The molecule has 0 bridgehead atoms. The van der Waals surface area contributed by atoms with Crippen molar-refractivity contribution in [3.05, 3.63) is 35.9 Å². The van der Waals surface area contributed by atoms with E-state index in [1.54, 1.807) is 0 Å². The van der Waals surface area contributed by atoms with Crippen molar-refractivity contribution in [3.63, 3.8) is 0 Å². The molecule has 1 saturated heterocycles. The predicted molar refractivity (Wildman–Crippen MR) is 96.5 cm³/mol. The van der Waals surface area contributed by atoms with Crippen LogP contribution in [0.5, 0.6) is 0 Å². The molecule has 3 unspecified atom stereocenters. The second-order valence-corrected chi connectivity index (χ2v) is 6.95. The summed E-state index contributed by atoms with van der Waals surface area (Å²) < 4.78 is 10.6. The van der Waals surface area contributed by atoms with Crippen LogP contribution < -0.4 is 10.6 Å². The molecule has 0 aromatic heterocycles. The predicted octanol–water partition coefficient (Wildman–Crippen LogP) is 1.72. The molecule has 140 valence electrons. The Bertz CT molecular complexity index is 503. The molecule has 1 aliphatic heterocycles. The molecule has 1 heterocycles. The highest BCUT2D eigenvalue weighted by Gasteiger charge is 2.25. The Morgan fingerprint density at radius 1 is 1.32 bits per heavy atom. The monoisotopic (exact) mass is 350 g/mol. The molecular weight excluding hydrogens is 320 g/mol. The van der Waals surface area contributed by atoms with Gasteiger partial charge >= 0.3 is 6.09 Å². The molecule has 3 N–H and O–H groups in total. The maximum atomic E-state index is 12.2. The van der Waals surface area contributed by atoms with Gasteiger partial charge < -0.3 is 25.2 Å². The number of alkyl carbamates (subject to hydrolysis) is 1. The number of aliphatic hydroxyl groups is 1. The fourth-order valence-electron chi connectivity index (χ4n) is 2.76. The van der Waals surface area contributed by atoms with Crippen molar-refractivity contribution in [1.29, 1.82) is 0 Å². The van der Waals surface area contributed by atoms with Crippen LogP contribution in [0.1, 0.15) is 25.8 Å². The zero-order valence-corrected chi connectivity index (χ0v) is 15.1. The third-order valence-corrected chi connectivity index (χ3v) is 4.13. The third kappa shape index (κ3) is 7.42. The first-order valence-corrected chi connectivity index (χ1v) is 9.02. The van der Waals surface area contributed by atoms with E-state index in [2.05, 4.69) is 24.5 Å². The van der Waals surface area contributed by atoms with Crippen LogP contribution in [0.25, 0.3) is 0 Å². The van der Waals surface area contributed by atoms with Crippen LogP contribution in [0.15, 0.2) is 30.3 Å². The van der Waals surface area contributed by atoms with E-state index in [-0.39, 0.29) is 6.10 Å². The summed E-state index contributed by atoms with van der Waals surface area (Å²) in [5, 5.41) is 16.6. The molecule has 1 aromatic carbocycles. The lowest BCUT2D eigenvalue weighted by atomic mass is 10.0. The smallest absolute Gasteiger partial charge is 0.407 e. The Hall–Kier alpha value is -1.63. The number of aliphatic hydroxyl groups excluding tert-OH is 1. The molecular formula is C19H30N2O4. The van der Waals surface area contributed by atoms with Crippen molar-refractivity contribution in [2.75, 3.05) is 26.3 Å². The molecule has 2 rings (SSSR count). The van der Waals surface area contributed by atoms with E-state index in [0.717, 1.165) is 18.5 Å². The van der Waals surface area contributed by atoms with Crippen LogP contribution in [0.2, 0.25) is 0 Å². The number of nitrogens with one attached hydrogen (secondary N) is 2. The normalized spacial score (nSPS) is 19.6. The van der Waals surface area contributed by atoms with Gasteiger partial charge in [0.2, 0.25) is 0 Å². The van der Waals surface area contributed by atoms with Gasteiger partial charge in [0.15, 0.2) is 0 Å². The van der Waals surface area contributed by atoms with E-state index < -0.39 is 18.2 Å². The van der Waals surface area contributed by atoms with Crippen molar-refractivity contribution in [2.24, 2.45) is 5.92 Å². The molecule has 0 aliphatic carbocycles. The standard InChI is InChI=1S/C19H30N2O4/c1-14(2)11-20-12-18(22)17(10-15-6-4-3-5-7-15)21-19(23)25-16-8-9-24-13-16/h3-7,14,16-18,20,22H,8-13H2,1-2H3,(H,21,23). The van der Waals surface area contributed by atoms with Gasteiger partial charge in [-0.05, 0) is 24.4 Å². The number of amides is 1. The Labute approximate surface area is 149 Å². The van der Waals surface area contributed by atoms with E-state index in [9.17, 15) is 9.90 Å². The van der Waals surface area contributed by atoms with Crippen molar-refractivity contribution in [3.8, 4) is 0 Å². The molecule has 6 heteroatoms.